The minimum atomic E-state index is 0.660. The first kappa shape index (κ1) is 25.4. The van der Waals surface area contributed by atoms with Crippen molar-refractivity contribution >= 4 is 43.4 Å². The van der Waals surface area contributed by atoms with Gasteiger partial charge in [-0.1, -0.05) is 140 Å². The van der Waals surface area contributed by atoms with Crippen molar-refractivity contribution in [3.8, 4) is 39.6 Å². The molecule has 0 saturated heterocycles. The van der Waals surface area contributed by atoms with Gasteiger partial charge in [0.15, 0.2) is 0 Å². The lowest BCUT2D eigenvalue weighted by molar-refractivity contribution is 0.996. The average molecular weight is 574 g/mol. The van der Waals surface area contributed by atoms with Crippen molar-refractivity contribution in [3.05, 3.63) is 164 Å². The van der Waals surface area contributed by atoms with Crippen LogP contribution in [0.25, 0.3) is 82.9 Å². The maximum atomic E-state index is 5.19. The molecule has 0 unspecified atom stereocenters. The molecule has 3 heteroatoms. The third-order valence-electron chi connectivity index (χ3n) is 8.81. The maximum Gasteiger partial charge on any atom is 0.235 e. The minimum Gasteiger partial charge on any atom is -0.278 e. The van der Waals surface area contributed by atoms with Crippen LogP contribution in [0.2, 0.25) is 0 Å². The molecule has 0 aliphatic rings. The Morgan fingerprint density at radius 3 is 1.78 bits per heavy atom. The zero-order chi connectivity index (χ0) is 29.7. The van der Waals surface area contributed by atoms with Gasteiger partial charge in [0.25, 0.3) is 0 Å². The van der Waals surface area contributed by atoms with E-state index in [4.69, 9.17) is 9.97 Å². The van der Waals surface area contributed by atoms with E-state index in [0.717, 1.165) is 33.5 Å². The van der Waals surface area contributed by atoms with Crippen LogP contribution >= 0.6 is 0 Å². The topological polar surface area (TPSA) is 30.7 Å². The number of hydrogen-bond acceptors (Lipinski definition) is 2. The molecule has 2 aromatic heterocycles. The molecular formula is C42H27N3. The first-order chi connectivity index (χ1) is 22.3. The summed E-state index contributed by atoms with van der Waals surface area (Å²) in [6.07, 6.45) is 0. The fourth-order valence-electron chi connectivity index (χ4n) is 6.71. The molecule has 0 bridgehead atoms. The van der Waals surface area contributed by atoms with Crippen molar-refractivity contribution in [1.82, 2.24) is 14.5 Å². The lowest BCUT2D eigenvalue weighted by Crippen LogP contribution is -2.03. The third-order valence-corrected chi connectivity index (χ3v) is 8.81. The van der Waals surface area contributed by atoms with Crippen molar-refractivity contribution in [1.29, 1.82) is 0 Å². The molecule has 0 radical (unpaired) electrons. The summed E-state index contributed by atoms with van der Waals surface area (Å²) >= 11 is 0. The summed E-state index contributed by atoms with van der Waals surface area (Å²) in [7, 11) is 0. The highest BCUT2D eigenvalue weighted by molar-refractivity contribution is 6.21. The Morgan fingerprint density at radius 1 is 0.378 bits per heavy atom. The highest BCUT2D eigenvalue weighted by Crippen LogP contribution is 2.39. The van der Waals surface area contributed by atoms with E-state index >= 15 is 0 Å². The van der Waals surface area contributed by atoms with Crippen LogP contribution in [0.15, 0.2) is 164 Å². The summed E-state index contributed by atoms with van der Waals surface area (Å²) in [5, 5.41) is 7.34. The summed E-state index contributed by atoms with van der Waals surface area (Å²) in [5.74, 6) is 0.660. The lowest BCUT2D eigenvalue weighted by Gasteiger charge is -2.12. The molecule has 9 aromatic rings. The Kier molecular flexibility index (Phi) is 5.82. The summed E-state index contributed by atoms with van der Waals surface area (Å²) < 4.78 is 2.22. The fraction of sp³-hybridized carbons (Fsp3) is 0. The van der Waals surface area contributed by atoms with Crippen molar-refractivity contribution < 1.29 is 0 Å². The normalized spacial score (nSPS) is 11.6. The van der Waals surface area contributed by atoms with E-state index in [9.17, 15) is 0 Å². The summed E-state index contributed by atoms with van der Waals surface area (Å²) in [6.45, 7) is 0. The van der Waals surface area contributed by atoms with Crippen molar-refractivity contribution in [2.45, 2.75) is 0 Å². The first-order valence-corrected chi connectivity index (χ1v) is 15.3. The van der Waals surface area contributed by atoms with Gasteiger partial charge < -0.3 is 0 Å². The molecule has 0 aliphatic carbocycles. The van der Waals surface area contributed by atoms with Crippen LogP contribution in [0.1, 0.15) is 0 Å². The van der Waals surface area contributed by atoms with Gasteiger partial charge in [-0.15, -0.1) is 0 Å². The van der Waals surface area contributed by atoms with Crippen LogP contribution in [0.4, 0.5) is 0 Å². The highest BCUT2D eigenvalue weighted by atomic mass is 15.2. The second-order valence-electron chi connectivity index (χ2n) is 11.4. The number of hydrogen-bond donors (Lipinski definition) is 0. The maximum absolute atomic E-state index is 5.19. The number of aromatic nitrogens is 3. The number of para-hydroxylation sites is 1. The van der Waals surface area contributed by atoms with Gasteiger partial charge in [0, 0.05) is 21.9 Å². The molecule has 2 heterocycles. The predicted molar refractivity (Wildman–Crippen MR) is 188 cm³/mol. The van der Waals surface area contributed by atoms with Gasteiger partial charge in [0.2, 0.25) is 5.95 Å². The van der Waals surface area contributed by atoms with Crippen LogP contribution in [0.5, 0.6) is 0 Å². The molecule has 0 N–H and O–H groups in total. The number of fused-ring (bicyclic) bond motifs is 6. The van der Waals surface area contributed by atoms with Crippen LogP contribution in [0.3, 0.4) is 0 Å². The molecule has 0 amide bonds. The lowest BCUT2D eigenvalue weighted by atomic mass is 9.95. The van der Waals surface area contributed by atoms with Crippen LogP contribution in [-0.4, -0.2) is 14.5 Å². The Morgan fingerprint density at radius 2 is 1.02 bits per heavy atom. The van der Waals surface area contributed by atoms with Crippen molar-refractivity contribution in [2.75, 3.05) is 0 Å². The van der Waals surface area contributed by atoms with Gasteiger partial charge in [-0.05, 0) is 56.9 Å². The van der Waals surface area contributed by atoms with Crippen molar-refractivity contribution in [2.24, 2.45) is 0 Å². The standard InChI is InChI=1S/C42H27N3/c1-3-13-29(14-4-1)37-27-38(30-15-5-2-6-16-30)44-42(43-37)45-39-21-10-9-19-36(39)41-35-24-22-31(26-32(35)23-25-40(41)45)34-20-11-17-28-12-7-8-18-33(28)34/h1-27H. The molecule has 0 atom stereocenters. The molecule has 9 rings (SSSR count). The third kappa shape index (κ3) is 4.21. The molecular weight excluding hydrogens is 546 g/mol. The van der Waals surface area contributed by atoms with Gasteiger partial charge in [-0.2, -0.15) is 0 Å². The Bertz CT molecular complexity index is 2470. The van der Waals surface area contributed by atoms with E-state index in [-0.39, 0.29) is 0 Å². The smallest absolute Gasteiger partial charge is 0.235 e. The average Bonchev–Trinajstić information content (AvgIpc) is 3.46. The van der Waals surface area contributed by atoms with Crippen LogP contribution < -0.4 is 0 Å². The van der Waals surface area contributed by atoms with E-state index in [0.29, 0.717) is 5.95 Å². The SMILES string of the molecule is c1ccc(-c2cc(-c3ccccc3)nc(-n3c4ccccc4c4c5ccc(-c6cccc7ccccc67)cc5ccc43)n2)cc1. The zero-order valence-corrected chi connectivity index (χ0v) is 24.4. The van der Waals surface area contributed by atoms with Crippen molar-refractivity contribution in [3.63, 3.8) is 0 Å². The van der Waals surface area contributed by atoms with Crippen LogP contribution in [-0.2, 0) is 0 Å². The Hall–Kier alpha value is -6.06. The molecule has 210 valence electrons. The molecule has 0 aliphatic heterocycles. The molecule has 0 spiro atoms. The van der Waals surface area contributed by atoms with E-state index in [1.54, 1.807) is 0 Å². The summed E-state index contributed by atoms with van der Waals surface area (Å²) in [4.78, 5) is 10.4. The Balaban J connectivity index is 1.30. The quantitative estimate of drug-likeness (QED) is 0.210. The van der Waals surface area contributed by atoms with Gasteiger partial charge in [0.05, 0.1) is 22.4 Å². The monoisotopic (exact) mass is 573 g/mol. The molecule has 45 heavy (non-hydrogen) atoms. The number of benzene rings is 7. The molecule has 0 saturated carbocycles. The summed E-state index contributed by atoms with van der Waals surface area (Å²) in [6, 6.07) is 57.9. The second kappa shape index (κ2) is 10.3. The molecule has 0 fully saturated rings. The first-order valence-electron chi connectivity index (χ1n) is 15.3. The highest BCUT2D eigenvalue weighted by Gasteiger charge is 2.18. The van der Waals surface area contributed by atoms with Gasteiger partial charge >= 0.3 is 0 Å². The molecule has 3 nitrogen and oxygen atoms in total. The second-order valence-corrected chi connectivity index (χ2v) is 11.4. The largest absolute Gasteiger partial charge is 0.278 e. The summed E-state index contributed by atoms with van der Waals surface area (Å²) in [5.41, 5.74) is 8.55. The number of rotatable bonds is 4. The van der Waals surface area contributed by atoms with E-state index < -0.39 is 0 Å². The fourth-order valence-corrected chi connectivity index (χ4v) is 6.71. The van der Waals surface area contributed by atoms with E-state index in [2.05, 4.69) is 156 Å². The van der Waals surface area contributed by atoms with E-state index in [1.807, 2.05) is 12.1 Å². The van der Waals surface area contributed by atoms with Gasteiger partial charge in [-0.3, -0.25) is 4.57 Å². The molecule has 7 aromatic carbocycles. The predicted octanol–water partition coefficient (Wildman–Crippen LogP) is 10.9. The van der Waals surface area contributed by atoms with E-state index in [1.165, 1.54) is 43.4 Å². The zero-order valence-electron chi connectivity index (χ0n) is 24.4. The van der Waals surface area contributed by atoms with Gasteiger partial charge in [-0.25, -0.2) is 9.97 Å². The Labute approximate surface area is 260 Å². The minimum absolute atomic E-state index is 0.660. The number of nitrogens with zero attached hydrogens (tertiary/aromatic N) is 3. The van der Waals surface area contributed by atoms with Gasteiger partial charge in [0.1, 0.15) is 0 Å². The van der Waals surface area contributed by atoms with Crippen LogP contribution in [0, 0.1) is 0 Å².